The van der Waals surface area contributed by atoms with Crippen LogP contribution in [0, 0.1) is 0 Å². The molecule has 0 unspecified atom stereocenters. The van der Waals surface area contributed by atoms with Crippen LogP contribution in [0.3, 0.4) is 0 Å². The summed E-state index contributed by atoms with van der Waals surface area (Å²) in [4.78, 5) is 11.0. The summed E-state index contributed by atoms with van der Waals surface area (Å²) in [6, 6.07) is 5.82. The molecule has 1 saturated carbocycles. The maximum absolute atomic E-state index is 11.0. The van der Waals surface area contributed by atoms with Gasteiger partial charge in [-0.05, 0) is 31.0 Å². The number of nitrogens with two attached hydrogens (primary N) is 1. The zero-order chi connectivity index (χ0) is 11.5. The van der Waals surface area contributed by atoms with E-state index in [9.17, 15) is 4.79 Å². The van der Waals surface area contributed by atoms with Gasteiger partial charge in [0.2, 0.25) is 5.91 Å². The Balaban J connectivity index is 2.11. The summed E-state index contributed by atoms with van der Waals surface area (Å²) < 4.78 is 0. The number of carbonyl (C=O) groups is 1. The van der Waals surface area contributed by atoms with E-state index in [1.54, 1.807) is 12.1 Å². The Morgan fingerprint density at radius 1 is 1.38 bits per heavy atom. The van der Waals surface area contributed by atoms with Crippen LogP contribution in [0.2, 0.25) is 5.02 Å². The number of carbonyl (C=O) groups excluding carboxylic acids is 1. The zero-order valence-electron chi connectivity index (χ0n) is 9.00. The Morgan fingerprint density at radius 2 is 2.06 bits per heavy atom. The molecule has 0 saturated heterocycles. The maximum atomic E-state index is 11.0. The summed E-state index contributed by atoms with van der Waals surface area (Å²) >= 11 is 5.97. The number of primary amides is 1. The molecular weight excluding hydrogens is 224 g/mol. The molecule has 0 atom stereocenters. The molecule has 1 fully saturated rings. The van der Waals surface area contributed by atoms with Gasteiger partial charge in [-0.2, -0.15) is 0 Å². The predicted octanol–water partition coefficient (Wildman–Crippen LogP) is 2.79. The molecule has 16 heavy (non-hydrogen) atoms. The van der Waals surface area contributed by atoms with Crippen molar-refractivity contribution in [2.24, 2.45) is 5.73 Å². The first-order chi connectivity index (χ1) is 7.66. The van der Waals surface area contributed by atoms with E-state index >= 15 is 0 Å². The van der Waals surface area contributed by atoms with Crippen molar-refractivity contribution < 1.29 is 4.79 Å². The molecule has 0 bridgehead atoms. The summed E-state index contributed by atoms with van der Waals surface area (Å²) in [6.45, 7) is 0. The molecule has 86 valence electrons. The maximum Gasteiger partial charge on any atom is 0.250 e. The van der Waals surface area contributed by atoms with Gasteiger partial charge in [-0.15, -0.1) is 0 Å². The van der Waals surface area contributed by atoms with Crippen LogP contribution >= 0.6 is 11.6 Å². The second-order valence-electron chi connectivity index (χ2n) is 4.18. The number of benzene rings is 1. The Labute approximate surface area is 100.0 Å². The van der Waals surface area contributed by atoms with E-state index in [-0.39, 0.29) is 0 Å². The van der Waals surface area contributed by atoms with Gasteiger partial charge in [-0.25, -0.2) is 0 Å². The lowest BCUT2D eigenvalue weighted by Crippen LogP contribution is -2.15. The van der Waals surface area contributed by atoms with Crippen LogP contribution in [0.4, 0.5) is 5.69 Å². The highest BCUT2D eigenvalue weighted by atomic mass is 35.5. The van der Waals surface area contributed by atoms with E-state index in [4.69, 9.17) is 17.3 Å². The third-order valence-electron chi connectivity index (χ3n) is 2.96. The molecule has 0 aliphatic heterocycles. The molecule has 4 heteroatoms. The first-order valence-corrected chi connectivity index (χ1v) is 5.90. The molecule has 1 aromatic carbocycles. The lowest BCUT2D eigenvalue weighted by Gasteiger charge is -2.14. The van der Waals surface area contributed by atoms with Crippen LogP contribution in [0.1, 0.15) is 36.0 Å². The van der Waals surface area contributed by atoms with Crippen molar-refractivity contribution in [1.82, 2.24) is 0 Å². The summed E-state index contributed by atoms with van der Waals surface area (Å²) in [7, 11) is 0. The van der Waals surface area contributed by atoms with Crippen LogP contribution in [0.15, 0.2) is 18.2 Å². The zero-order valence-corrected chi connectivity index (χ0v) is 9.76. The first-order valence-electron chi connectivity index (χ1n) is 5.52. The van der Waals surface area contributed by atoms with Crippen molar-refractivity contribution in [1.29, 1.82) is 0 Å². The third-order valence-corrected chi connectivity index (χ3v) is 3.27. The van der Waals surface area contributed by atoms with Crippen LogP contribution in [0.25, 0.3) is 0 Å². The fraction of sp³-hybridized carbons (Fsp3) is 0.417. The minimum Gasteiger partial charge on any atom is -0.382 e. The number of amides is 1. The summed E-state index contributed by atoms with van der Waals surface area (Å²) in [6.07, 6.45) is 4.97. The summed E-state index contributed by atoms with van der Waals surface area (Å²) in [5.74, 6) is -0.489. The minimum atomic E-state index is -0.489. The Morgan fingerprint density at radius 3 is 2.62 bits per heavy atom. The number of anilines is 1. The van der Waals surface area contributed by atoms with Gasteiger partial charge in [-0.3, -0.25) is 4.79 Å². The van der Waals surface area contributed by atoms with Gasteiger partial charge in [-0.1, -0.05) is 24.4 Å². The number of nitrogens with one attached hydrogen (secondary N) is 1. The van der Waals surface area contributed by atoms with Gasteiger partial charge in [0.25, 0.3) is 0 Å². The Kier molecular flexibility index (Phi) is 3.34. The van der Waals surface area contributed by atoms with E-state index in [2.05, 4.69) is 5.32 Å². The Hall–Kier alpha value is -1.22. The number of hydrogen-bond donors (Lipinski definition) is 2. The predicted molar refractivity (Wildman–Crippen MR) is 65.8 cm³/mol. The topological polar surface area (TPSA) is 55.1 Å². The van der Waals surface area contributed by atoms with Gasteiger partial charge in [0.15, 0.2) is 0 Å². The molecule has 2 rings (SSSR count). The molecule has 1 aliphatic carbocycles. The summed E-state index contributed by atoms with van der Waals surface area (Å²) in [5, 5.41) is 3.82. The molecule has 0 radical (unpaired) electrons. The Bertz CT molecular complexity index is 400. The fourth-order valence-electron chi connectivity index (χ4n) is 2.11. The van der Waals surface area contributed by atoms with Gasteiger partial charge in [0.05, 0.1) is 10.6 Å². The van der Waals surface area contributed by atoms with Crippen LogP contribution in [-0.2, 0) is 0 Å². The van der Waals surface area contributed by atoms with E-state index in [0.29, 0.717) is 16.6 Å². The third kappa shape index (κ3) is 2.47. The molecule has 0 heterocycles. The number of rotatable bonds is 3. The lowest BCUT2D eigenvalue weighted by molar-refractivity contribution is 0.100. The van der Waals surface area contributed by atoms with Gasteiger partial charge in [0, 0.05) is 11.7 Å². The first kappa shape index (κ1) is 11.3. The second kappa shape index (κ2) is 4.74. The van der Waals surface area contributed by atoms with Crippen molar-refractivity contribution in [3.63, 3.8) is 0 Å². The summed E-state index contributed by atoms with van der Waals surface area (Å²) in [5.41, 5.74) is 6.52. The molecule has 3 nitrogen and oxygen atoms in total. The highest BCUT2D eigenvalue weighted by Crippen LogP contribution is 2.25. The molecule has 1 aromatic rings. The smallest absolute Gasteiger partial charge is 0.250 e. The number of hydrogen-bond acceptors (Lipinski definition) is 2. The highest BCUT2D eigenvalue weighted by molar-refractivity contribution is 6.34. The highest BCUT2D eigenvalue weighted by Gasteiger charge is 2.15. The minimum absolute atomic E-state index is 0.374. The molecule has 0 spiro atoms. The molecular formula is C12H15ClN2O. The van der Waals surface area contributed by atoms with Crippen molar-refractivity contribution >= 4 is 23.2 Å². The largest absolute Gasteiger partial charge is 0.382 e. The van der Waals surface area contributed by atoms with Crippen molar-refractivity contribution in [2.45, 2.75) is 31.7 Å². The SMILES string of the molecule is NC(=O)c1ccc(NC2CCCC2)cc1Cl. The molecule has 1 amide bonds. The molecule has 1 aliphatic rings. The van der Waals surface area contributed by atoms with E-state index in [1.807, 2.05) is 6.07 Å². The van der Waals surface area contributed by atoms with Crippen LogP contribution in [0.5, 0.6) is 0 Å². The second-order valence-corrected chi connectivity index (χ2v) is 4.59. The van der Waals surface area contributed by atoms with E-state index < -0.39 is 5.91 Å². The van der Waals surface area contributed by atoms with Gasteiger partial charge < -0.3 is 11.1 Å². The molecule has 3 N–H and O–H groups in total. The van der Waals surface area contributed by atoms with Gasteiger partial charge >= 0.3 is 0 Å². The van der Waals surface area contributed by atoms with Crippen molar-refractivity contribution in [3.8, 4) is 0 Å². The van der Waals surface area contributed by atoms with E-state index in [0.717, 1.165) is 5.69 Å². The normalized spacial score (nSPS) is 16.3. The average molecular weight is 239 g/mol. The van der Waals surface area contributed by atoms with Gasteiger partial charge in [0.1, 0.15) is 0 Å². The van der Waals surface area contributed by atoms with Crippen molar-refractivity contribution in [3.05, 3.63) is 28.8 Å². The van der Waals surface area contributed by atoms with Crippen LogP contribution < -0.4 is 11.1 Å². The fourth-order valence-corrected chi connectivity index (χ4v) is 2.38. The van der Waals surface area contributed by atoms with Crippen molar-refractivity contribution in [2.75, 3.05) is 5.32 Å². The standard InChI is InChI=1S/C12H15ClN2O/c13-11-7-9(5-6-10(11)12(14)16)15-8-3-1-2-4-8/h5-8,15H,1-4H2,(H2,14,16). The average Bonchev–Trinajstić information content (AvgIpc) is 2.70. The monoisotopic (exact) mass is 238 g/mol. The number of halogens is 1. The lowest BCUT2D eigenvalue weighted by atomic mass is 10.1. The van der Waals surface area contributed by atoms with E-state index in [1.165, 1.54) is 25.7 Å². The molecule has 0 aromatic heterocycles. The van der Waals surface area contributed by atoms with Crippen LogP contribution in [-0.4, -0.2) is 11.9 Å². The quantitative estimate of drug-likeness (QED) is 0.851.